The van der Waals surface area contributed by atoms with Gasteiger partial charge in [0.25, 0.3) is 5.56 Å². The van der Waals surface area contributed by atoms with E-state index in [0.717, 1.165) is 10.6 Å². The van der Waals surface area contributed by atoms with Crippen LogP contribution >= 0.6 is 23.2 Å². The van der Waals surface area contributed by atoms with Gasteiger partial charge < -0.3 is 9.64 Å². The quantitative estimate of drug-likeness (QED) is 0.398. The summed E-state index contributed by atoms with van der Waals surface area (Å²) >= 11 is 12.1. The van der Waals surface area contributed by atoms with Crippen LogP contribution in [0.3, 0.4) is 0 Å². The number of anilines is 1. The molecule has 5 rings (SSSR count). The summed E-state index contributed by atoms with van der Waals surface area (Å²) in [5.74, 6) is -0.418. The van der Waals surface area contributed by atoms with Crippen LogP contribution in [0.15, 0.2) is 52.3 Å². The van der Waals surface area contributed by atoms with Gasteiger partial charge in [-0.1, -0.05) is 23.2 Å². The zero-order valence-electron chi connectivity index (χ0n) is 18.8. The van der Waals surface area contributed by atoms with Gasteiger partial charge in [-0.05, 0) is 30.7 Å². The maximum absolute atomic E-state index is 14.0. The predicted octanol–water partition coefficient (Wildman–Crippen LogP) is 3.74. The van der Waals surface area contributed by atoms with E-state index in [-0.39, 0.29) is 44.1 Å². The lowest BCUT2D eigenvalue weighted by Gasteiger charge is -2.21. The van der Waals surface area contributed by atoms with Crippen LogP contribution in [0.4, 0.5) is 10.2 Å². The Labute approximate surface area is 213 Å². The number of hydrogen-bond donors (Lipinski definition) is 0. The first-order valence-corrected chi connectivity index (χ1v) is 11.6. The summed E-state index contributed by atoms with van der Waals surface area (Å²) in [7, 11) is 1.36. The zero-order valence-corrected chi connectivity index (χ0v) is 20.3. The van der Waals surface area contributed by atoms with E-state index in [1.807, 2.05) is 4.90 Å². The fourth-order valence-corrected chi connectivity index (χ4v) is 4.63. The standard InChI is InChI=1S/C24H17Cl2FN6O3/c1-36-22-21-19(8-20(30-22)31-5-4-13(9-28)12-31)32(15-2-3-18(27)17(26)7-15)24(35)33(23(21)34)16-6-14(25)10-29-11-16/h2-3,6-8,10-11,13H,4-5,12H2,1H3/t13-/m0/s1. The SMILES string of the molecule is COc1nc(N2CC[C@@H](C#N)C2)cc2c1c(=O)n(-c1cncc(Cl)c1)c(=O)n2-c1ccc(F)c(Cl)c1. The third-order valence-corrected chi connectivity index (χ3v) is 6.49. The molecule has 1 atom stereocenters. The van der Waals surface area contributed by atoms with Gasteiger partial charge in [0, 0.05) is 25.4 Å². The number of nitrogens with zero attached hydrogens (tertiary/aromatic N) is 6. The number of nitriles is 1. The number of fused-ring (bicyclic) bond motifs is 1. The van der Waals surface area contributed by atoms with E-state index in [0.29, 0.717) is 25.3 Å². The van der Waals surface area contributed by atoms with Crippen molar-refractivity contribution >= 4 is 39.9 Å². The number of aromatic nitrogens is 4. The van der Waals surface area contributed by atoms with Crippen LogP contribution in [-0.2, 0) is 0 Å². The second-order valence-electron chi connectivity index (χ2n) is 8.16. The molecule has 3 aromatic heterocycles. The van der Waals surface area contributed by atoms with Gasteiger partial charge in [-0.2, -0.15) is 10.2 Å². The van der Waals surface area contributed by atoms with E-state index in [9.17, 15) is 19.2 Å². The molecule has 1 fully saturated rings. The number of rotatable bonds is 4. The zero-order chi connectivity index (χ0) is 25.6. The van der Waals surface area contributed by atoms with Crippen molar-refractivity contribution in [3.05, 3.63) is 79.4 Å². The number of benzene rings is 1. The first-order valence-electron chi connectivity index (χ1n) is 10.8. The highest BCUT2D eigenvalue weighted by atomic mass is 35.5. The summed E-state index contributed by atoms with van der Waals surface area (Å²) in [6.07, 6.45) is 3.35. The van der Waals surface area contributed by atoms with Crippen LogP contribution in [-0.4, -0.2) is 39.3 Å². The van der Waals surface area contributed by atoms with Crippen molar-refractivity contribution in [1.82, 2.24) is 19.1 Å². The molecular weight excluding hydrogens is 510 g/mol. The Morgan fingerprint density at radius 1 is 1.14 bits per heavy atom. The van der Waals surface area contributed by atoms with Crippen molar-refractivity contribution in [3.63, 3.8) is 0 Å². The highest BCUT2D eigenvalue weighted by Crippen LogP contribution is 2.30. The fourth-order valence-electron chi connectivity index (χ4n) is 4.28. The Morgan fingerprint density at radius 2 is 1.94 bits per heavy atom. The smallest absolute Gasteiger partial charge is 0.340 e. The predicted molar refractivity (Wildman–Crippen MR) is 133 cm³/mol. The molecule has 36 heavy (non-hydrogen) atoms. The average molecular weight is 527 g/mol. The molecule has 1 saturated heterocycles. The maximum Gasteiger partial charge on any atom is 0.340 e. The summed E-state index contributed by atoms with van der Waals surface area (Å²) in [5.41, 5.74) is -0.925. The summed E-state index contributed by atoms with van der Waals surface area (Å²) < 4.78 is 21.6. The molecule has 4 aromatic rings. The van der Waals surface area contributed by atoms with E-state index < -0.39 is 17.1 Å². The van der Waals surface area contributed by atoms with Gasteiger partial charge in [0.15, 0.2) is 0 Å². The van der Waals surface area contributed by atoms with Crippen molar-refractivity contribution in [1.29, 1.82) is 5.26 Å². The monoisotopic (exact) mass is 526 g/mol. The minimum absolute atomic E-state index is 0.0114. The Hall–Kier alpha value is -3.94. The van der Waals surface area contributed by atoms with E-state index in [2.05, 4.69) is 16.0 Å². The second-order valence-corrected chi connectivity index (χ2v) is 9.01. The van der Waals surface area contributed by atoms with Crippen LogP contribution in [0.25, 0.3) is 22.3 Å². The molecule has 1 aliphatic rings. The lowest BCUT2D eigenvalue weighted by molar-refractivity contribution is 0.402. The van der Waals surface area contributed by atoms with Gasteiger partial charge >= 0.3 is 5.69 Å². The van der Waals surface area contributed by atoms with Gasteiger partial charge in [0.2, 0.25) is 5.88 Å². The number of hydrogen-bond acceptors (Lipinski definition) is 7. The normalized spacial score (nSPS) is 15.3. The van der Waals surface area contributed by atoms with Crippen molar-refractivity contribution < 1.29 is 9.13 Å². The van der Waals surface area contributed by atoms with Gasteiger partial charge in [0.05, 0.1) is 52.2 Å². The third kappa shape index (κ3) is 3.96. The Morgan fingerprint density at radius 3 is 2.61 bits per heavy atom. The molecule has 0 aliphatic carbocycles. The van der Waals surface area contributed by atoms with E-state index in [1.54, 1.807) is 6.07 Å². The molecule has 1 aromatic carbocycles. The van der Waals surface area contributed by atoms with Gasteiger partial charge in [-0.25, -0.2) is 13.8 Å². The largest absolute Gasteiger partial charge is 0.480 e. The maximum atomic E-state index is 14.0. The summed E-state index contributed by atoms with van der Waals surface area (Å²) in [5, 5.41) is 9.34. The minimum Gasteiger partial charge on any atom is -0.480 e. The van der Waals surface area contributed by atoms with Gasteiger partial charge in [0.1, 0.15) is 17.0 Å². The molecule has 1 aliphatic heterocycles. The summed E-state index contributed by atoms with van der Waals surface area (Å²) in [6, 6.07) is 9.05. The molecule has 0 saturated carbocycles. The van der Waals surface area contributed by atoms with Crippen LogP contribution in [0.1, 0.15) is 6.42 Å². The van der Waals surface area contributed by atoms with Crippen LogP contribution in [0.5, 0.6) is 5.88 Å². The lowest BCUT2D eigenvalue weighted by Crippen LogP contribution is -2.39. The van der Waals surface area contributed by atoms with E-state index in [4.69, 9.17) is 27.9 Å². The van der Waals surface area contributed by atoms with E-state index in [1.165, 1.54) is 42.3 Å². The molecule has 0 unspecified atom stereocenters. The fraction of sp³-hybridized carbons (Fsp3) is 0.208. The molecule has 0 bridgehead atoms. The minimum atomic E-state index is -0.755. The van der Waals surface area contributed by atoms with E-state index >= 15 is 0 Å². The molecule has 0 N–H and O–H groups in total. The average Bonchev–Trinajstić information content (AvgIpc) is 3.35. The van der Waals surface area contributed by atoms with Gasteiger partial charge in [-0.3, -0.25) is 14.3 Å². The van der Waals surface area contributed by atoms with Crippen molar-refractivity contribution in [3.8, 4) is 23.3 Å². The molecule has 9 nitrogen and oxygen atoms in total. The highest BCUT2D eigenvalue weighted by molar-refractivity contribution is 6.31. The molecule has 12 heteroatoms. The number of halogens is 3. The van der Waals surface area contributed by atoms with Crippen LogP contribution < -0.4 is 20.9 Å². The number of pyridine rings is 2. The molecule has 0 radical (unpaired) electrons. The van der Waals surface area contributed by atoms with Crippen LogP contribution in [0.2, 0.25) is 10.0 Å². The molecule has 0 spiro atoms. The Kier molecular flexibility index (Phi) is 6.12. The third-order valence-electron chi connectivity index (χ3n) is 5.99. The molecule has 182 valence electrons. The van der Waals surface area contributed by atoms with Crippen LogP contribution in [0, 0.1) is 23.1 Å². The summed E-state index contributed by atoms with van der Waals surface area (Å²) in [6.45, 7) is 1.01. The lowest BCUT2D eigenvalue weighted by atomic mass is 10.1. The van der Waals surface area contributed by atoms with Crippen molar-refractivity contribution in [2.45, 2.75) is 6.42 Å². The van der Waals surface area contributed by atoms with Gasteiger partial charge in [-0.15, -0.1) is 0 Å². The van der Waals surface area contributed by atoms with Crippen molar-refractivity contribution in [2.75, 3.05) is 25.1 Å². The number of methoxy groups -OCH3 is 1. The molecule has 0 amide bonds. The summed E-state index contributed by atoms with van der Waals surface area (Å²) in [4.78, 5) is 37.9. The Balaban J connectivity index is 1.90. The number of ether oxygens (including phenoxy) is 1. The molecule has 4 heterocycles. The van der Waals surface area contributed by atoms with Crippen molar-refractivity contribution in [2.24, 2.45) is 5.92 Å². The Bertz CT molecular complexity index is 1680. The highest BCUT2D eigenvalue weighted by Gasteiger charge is 2.27. The first-order chi connectivity index (χ1) is 17.3. The second kappa shape index (κ2) is 9.26. The topological polar surface area (TPSA) is 106 Å². The molecular formula is C24H17Cl2FN6O3. The first kappa shape index (κ1) is 23.8.